The largest absolute Gasteiger partial charge is 0.458 e. The lowest BCUT2D eigenvalue weighted by Crippen LogP contribution is -2.44. The minimum Gasteiger partial charge on any atom is -0.458 e. The number of benzene rings is 1. The molecular formula is C24H22FN3O4. The van der Waals surface area contributed by atoms with Gasteiger partial charge in [-0.2, -0.15) is 0 Å². The summed E-state index contributed by atoms with van der Waals surface area (Å²) >= 11 is 0. The SMILES string of the molecule is CC[C@@]1(O)C(=O)OCc2c1cc1n(c2=O)Cc2c-1nc1cc(F)c(NC)c3c1c2CCC3. The first-order valence-corrected chi connectivity index (χ1v) is 10.9. The molecule has 7 nitrogen and oxygen atoms in total. The highest BCUT2D eigenvalue weighted by Gasteiger charge is 2.45. The highest BCUT2D eigenvalue weighted by Crippen LogP contribution is 2.44. The van der Waals surface area contributed by atoms with Gasteiger partial charge in [0.1, 0.15) is 12.4 Å². The number of esters is 1. The fraction of sp³-hybridized carbons (Fsp3) is 0.375. The Morgan fingerprint density at radius 3 is 2.75 bits per heavy atom. The van der Waals surface area contributed by atoms with Crippen molar-refractivity contribution in [1.82, 2.24) is 9.55 Å². The lowest BCUT2D eigenvalue weighted by Gasteiger charge is -2.31. The van der Waals surface area contributed by atoms with E-state index in [9.17, 15) is 19.1 Å². The number of rotatable bonds is 2. The number of aromatic nitrogens is 2. The van der Waals surface area contributed by atoms with Crippen LogP contribution in [0.1, 0.15) is 47.6 Å². The molecule has 0 spiro atoms. The molecule has 1 aliphatic carbocycles. The summed E-state index contributed by atoms with van der Waals surface area (Å²) in [6, 6.07) is 3.14. The zero-order valence-electron chi connectivity index (χ0n) is 17.8. The molecule has 4 heterocycles. The smallest absolute Gasteiger partial charge is 0.343 e. The van der Waals surface area contributed by atoms with Gasteiger partial charge in [-0.3, -0.25) is 4.79 Å². The average molecular weight is 435 g/mol. The van der Waals surface area contributed by atoms with Gasteiger partial charge in [0.25, 0.3) is 5.56 Å². The van der Waals surface area contributed by atoms with Crippen molar-refractivity contribution in [3.8, 4) is 11.4 Å². The summed E-state index contributed by atoms with van der Waals surface area (Å²) in [6.07, 6.45) is 2.57. The molecule has 0 saturated heterocycles. The number of ether oxygens (including phenoxy) is 1. The summed E-state index contributed by atoms with van der Waals surface area (Å²) in [7, 11) is 1.72. The van der Waals surface area contributed by atoms with Crippen molar-refractivity contribution in [1.29, 1.82) is 0 Å². The third-order valence-corrected chi connectivity index (χ3v) is 7.25. The van der Waals surface area contributed by atoms with Crippen LogP contribution in [0, 0.1) is 5.82 Å². The second-order valence-corrected chi connectivity index (χ2v) is 8.73. The van der Waals surface area contributed by atoms with Crippen molar-refractivity contribution in [2.75, 3.05) is 12.4 Å². The number of aryl methyl sites for hydroxylation is 2. The number of carbonyl (C=O) groups is 1. The molecule has 2 aliphatic heterocycles. The van der Waals surface area contributed by atoms with Crippen LogP contribution in [0.4, 0.5) is 10.1 Å². The number of fused-ring (bicyclic) bond motifs is 5. The highest BCUT2D eigenvalue weighted by molar-refractivity contribution is 5.95. The van der Waals surface area contributed by atoms with Gasteiger partial charge in [-0.15, -0.1) is 0 Å². The number of hydrogen-bond donors (Lipinski definition) is 2. The van der Waals surface area contributed by atoms with Crippen LogP contribution in [0.25, 0.3) is 22.3 Å². The predicted octanol–water partition coefficient (Wildman–Crippen LogP) is 2.75. The van der Waals surface area contributed by atoms with E-state index in [0.717, 1.165) is 41.3 Å². The molecule has 0 amide bonds. The molecule has 3 aliphatic rings. The number of pyridine rings is 2. The van der Waals surface area contributed by atoms with Crippen LogP contribution in [0.15, 0.2) is 16.9 Å². The molecule has 3 aromatic rings. The van der Waals surface area contributed by atoms with E-state index in [0.29, 0.717) is 34.7 Å². The molecule has 164 valence electrons. The first kappa shape index (κ1) is 19.4. The van der Waals surface area contributed by atoms with E-state index >= 15 is 0 Å². The van der Waals surface area contributed by atoms with Gasteiger partial charge >= 0.3 is 5.97 Å². The molecule has 6 rings (SSSR count). The molecular weight excluding hydrogens is 413 g/mol. The number of nitrogens with one attached hydrogen (secondary N) is 1. The molecule has 1 aromatic carbocycles. The Kier molecular flexibility index (Phi) is 3.88. The predicted molar refractivity (Wildman–Crippen MR) is 116 cm³/mol. The van der Waals surface area contributed by atoms with Crippen molar-refractivity contribution < 1.29 is 19.0 Å². The topological polar surface area (TPSA) is 93.5 Å². The Labute approximate surface area is 182 Å². The Morgan fingerprint density at radius 2 is 2.00 bits per heavy atom. The highest BCUT2D eigenvalue weighted by atomic mass is 19.1. The zero-order chi connectivity index (χ0) is 22.4. The summed E-state index contributed by atoms with van der Waals surface area (Å²) in [4.78, 5) is 30.5. The van der Waals surface area contributed by atoms with E-state index in [1.165, 1.54) is 6.07 Å². The van der Waals surface area contributed by atoms with Crippen LogP contribution in [0.5, 0.6) is 0 Å². The van der Waals surface area contributed by atoms with E-state index in [1.807, 2.05) is 0 Å². The first-order chi connectivity index (χ1) is 15.4. The zero-order valence-corrected chi connectivity index (χ0v) is 17.8. The number of nitrogens with zero attached hydrogens (tertiary/aromatic N) is 2. The molecule has 0 saturated carbocycles. The van der Waals surface area contributed by atoms with Crippen molar-refractivity contribution >= 4 is 22.6 Å². The monoisotopic (exact) mass is 435 g/mol. The number of anilines is 1. The minimum atomic E-state index is -1.86. The third kappa shape index (κ3) is 2.25. The second kappa shape index (κ2) is 6.38. The Hall–Kier alpha value is -3.26. The van der Waals surface area contributed by atoms with Gasteiger partial charge in [0.2, 0.25) is 0 Å². The van der Waals surface area contributed by atoms with Crippen molar-refractivity contribution in [3.05, 3.63) is 56.1 Å². The lowest BCUT2D eigenvalue weighted by molar-refractivity contribution is -0.172. The third-order valence-electron chi connectivity index (χ3n) is 7.25. The maximum atomic E-state index is 14.8. The quantitative estimate of drug-likeness (QED) is 0.471. The van der Waals surface area contributed by atoms with Crippen LogP contribution < -0.4 is 10.9 Å². The van der Waals surface area contributed by atoms with Crippen molar-refractivity contribution in [2.45, 2.75) is 51.4 Å². The summed E-state index contributed by atoms with van der Waals surface area (Å²) in [6.45, 7) is 1.88. The lowest BCUT2D eigenvalue weighted by atomic mass is 9.85. The van der Waals surface area contributed by atoms with Crippen LogP contribution >= 0.6 is 0 Å². The first-order valence-electron chi connectivity index (χ1n) is 10.9. The molecule has 32 heavy (non-hydrogen) atoms. The molecule has 0 fully saturated rings. The van der Waals surface area contributed by atoms with Gasteiger partial charge in [0.15, 0.2) is 5.60 Å². The second-order valence-electron chi connectivity index (χ2n) is 8.73. The fourth-order valence-corrected chi connectivity index (χ4v) is 5.63. The minimum absolute atomic E-state index is 0.0896. The Morgan fingerprint density at radius 1 is 1.22 bits per heavy atom. The molecule has 1 atom stereocenters. The van der Waals surface area contributed by atoms with Crippen molar-refractivity contribution in [3.63, 3.8) is 0 Å². The van der Waals surface area contributed by atoms with Crippen LogP contribution in [0.3, 0.4) is 0 Å². The van der Waals surface area contributed by atoms with Gasteiger partial charge in [-0.25, -0.2) is 14.2 Å². The van der Waals surface area contributed by atoms with E-state index in [2.05, 4.69) is 5.32 Å². The molecule has 0 unspecified atom stereocenters. The Balaban J connectivity index is 1.67. The molecule has 2 N–H and O–H groups in total. The van der Waals surface area contributed by atoms with Gasteiger partial charge in [0.05, 0.1) is 34.7 Å². The fourth-order valence-electron chi connectivity index (χ4n) is 5.63. The summed E-state index contributed by atoms with van der Waals surface area (Å²) in [5, 5.41) is 15.0. The van der Waals surface area contributed by atoms with Crippen LogP contribution in [0.2, 0.25) is 0 Å². The number of aliphatic hydroxyl groups is 1. The number of hydrogen-bond acceptors (Lipinski definition) is 6. The molecule has 0 bridgehead atoms. The van der Waals surface area contributed by atoms with Crippen LogP contribution in [-0.2, 0) is 41.1 Å². The standard InChI is InChI=1S/C24H22FN3O4/c1-3-24(31)15-7-18-21-13(9-28(18)22(29)14(15)10-32-23(24)30)11-5-4-6-12-19(11)17(27-21)8-16(25)20(12)26-2/h7-8,26,31H,3-6,9-10H2,1-2H3/t24-/m0/s1. The summed E-state index contributed by atoms with van der Waals surface area (Å²) < 4.78 is 21.6. The van der Waals surface area contributed by atoms with Gasteiger partial charge < -0.3 is 19.7 Å². The van der Waals surface area contributed by atoms with E-state index in [1.54, 1.807) is 24.6 Å². The van der Waals surface area contributed by atoms with Crippen molar-refractivity contribution in [2.24, 2.45) is 0 Å². The van der Waals surface area contributed by atoms with E-state index in [-0.39, 0.29) is 30.0 Å². The Bertz CT molecular complexity index is 1430. The van der Waals surface area contributed by atoms with Gasteiger partial charge in [-0.05, 0) is 42.9 Å². The number of halogens is 1. The molecule has 0 radical (unpaired) electrons. The maximum absolute atomic E-state index is 14.8. The van der Waals surface area contributed by atoms with E-state index in [4.69, 9.17) is 9.72 Å². The molecule has 8 heteroatoms. The van der Waals surface area contributed by atoms with Gasteiger partial charge in [-0.1, -0.05) is 6.92 Å². The summed E-state index contributed by atoms with van der Waals surface area (Å²) in [5.74, 6) is -1.10. The maximum Gasteiger partial charge on any atom is 0.343 e. The van der Waals surface area contributed by atoms with E-state index < -0.39 is 11.6 Å². The normalized spacial score (nSPS) is 20.6. The average Bonchev–Trinajstić information content (AvgIpc) is 3.16. The van der Waals surface area contributed by atoms with Crippen LogP contribution in [-0.4, -0.2) is 27.7 Å². The number of cyclic esters (lactones) is 1. The molecule has 2 aromatic heterocycles. The number of carbonyl (C=O) groups excluding carboxylic acids is 1. The van der Waals surface area contributed by atoms with Gasteiger partial charge in [0, 0.05) is 29.6 Å². The summed E-state index contributed by atoms with van der Waals surface area (Å²) in [5.41, 5.74) is 3.66.